The monoisotopic (exact) mass is 404 g/mol. The van der Waals surface area contributed by atoms with Gasteiger partial charge in [-0.25, -0.2) is 0 Å². The summed E-state index contributed by atoms with van der Waals surface area (Å²) in [6.07, 6.45) is 0. The second-order valence-electron chi connectivity index (χ2n) is 4.06. The van der Waals surface area contributed by atoms with Gasteiger partial charge in [-0.05, 0) is 41.6 Å². The molecule has 5 heteroatoms. The highest BCUT2D eigenvalue weighted by Gasteiger charge is 2.19. The summed E-state index contributed by atoms with van der Waals surface area (Å²) in [7, 11) is 3.29. The maximum Gasteiger partial charge on any atom is 0.161 e. The van der Waals surface area contributed by atoms with E-state index >= 15 is 0 Å². The predicted octanol–water partition coefficient (Wildman–Crippen LogP) is 5.32. The third-order valence-corrected chi connectivity index (χ3v) is 5.93. The molecule has 1 unspecified atom stereocenters. The first kappa shape index (κ1) is 14.9. The smallest absolute Gasteiger partial charge is 0.161 e. The zero-order valence-corrected chi connectivity index (χ0v) is 14.9. The van der Waals surface area contributed by atoms with E-state index in [1.54, 1.807) is 25.6 Å². The maximum absolute atomic E-state index is 5.37. The molecule has 1 atom stereocenters. The normalized spacial score (nSPS) is 12.3. The maximum atomic E-state index is 5.37. The fourth-order valence-electron chi connectivity index (χ4n) is 1.85. The fourth-order valence-corrected chi connectivity index (χ4v) is 4.69. The van der Waals surface area contributed by atoms with Crippen molar-refractivity contribution >= 4 is 43.2 Å². The Bertz CT molecular complexity index is 581. The SMILES string of the molecule is COc1cc(Br)c(C(Br)c2sccc2C)cc1OC. The molecule has 1 aromatic carbocycles. The van der Waals surface area contributed by atoms with E-state index in [1.807, 2.05) is 12.1 Å². The summed E-state index contributed by atoms with van der Waals surface area (Å²) in [6, 6.07) is 6.07. The Kier molecular flexibility index (Phi) is 4.92. The molecule has 102 valence electrons. The van der Waals surface area contributed by atoms with E-state index in [-0.39, 0.29) is 4.83 Å². The van der Waals surface area contributed by atoms with Crippen LogP contribution < -0.4 is 9.47 Å². The van der Waals surface area contributed by atoms with Crippen LogP contribution in [0.1, 0.15) is 20.8 Å². The number of hydrogen-bond acceptors (Lipinski definition) is 3. The standard InChI is InChI=1S/C14H14Br2O2S/c1-8-4-5-19-14(8)13(16)9-6-11(17-2)12(18-3)7-10(9)15/h4-7,13H,1-3H3. The summed E-state index contributed by atoms with van der Waals surface area (Å²) in [4.78, 5) is 1.44. The van der Waals surface area contributed by atoms with Gasteiger partial charge in [0, 0.05) is 9.35 Å². The average molecular weight is 406 g/mol. The molecule has 0 saturated carbocycles. The molecule has 0 aliphatic carbocycles. The van der Waals surface area contributed by atoms with Crippen LogP contribution in [-0.4, -0.2) is 14.2 Å². The molecule has 0 saturated heterocycles. The molecule has 2 rings (SSSR count). The van der Waals surface area contributed by atoms with Gasteiger partial charge in [0.15, 0.2) is 11.5 Å². The van der Waals surface area contributed by atoms with Crippen LogP contribution in [0.2, 0.25) is 0 Å². The molecule has 0 spiro atoms. The van der Waals surface area contributed by atoms with Crippen LogP contribution in [-0.2, 0) is 0 Å². The van der Waals surface area contributed by atoms with Crippen molar-refractivity contribution in [3.63, 3.8) is 0 Å². The average Bonchev–Trinajstić information content (AvgIpc) is 2.83. The van der Waals surface area contributed by atoms with Gasteiger partial charge < -0.3 is 9.47 Å². The van der Waals surface area contributed by atoms with Crippen molar-refractivity contribution in [2.45, 2.75) is 11.8 Å². The lowest BCUT2D eigenvalue weighted by atomic mass is 10.1. The van der Waals surface area contributed by atoms with Crippen LogP contribution in [0.3, 0.4) is 0 Å². The van der Waals surface area contributed by atoms with E-state index in [0.717, 1.165) is 21.5 Å². The molecule has 0 aliphatic rings. The predicted molar refractivity (Wildman–Crippen MR) is 87.1 cm³/mol. The fraction of sp³-hybridized carbons (Fsp3) is 0.286. The van der Waals surface area contributed by atoms with Crippen molar-refractivity contribution in [3.8, 4) is 11.5 Å². The van der Waals surface area contributed by atoms with Gasteiger partial charge >= 0.3 is 0 Å². The van der Waals surface area contributed by atoms with E-state index in [0.29, 0.717) is 0 Å². The van der Waals surface area contributed by atoms with E-state index in [9.17, 15) is 0 Å². The largest absolute Gasteiger partial charge is 0.493 e. The minimum Gasteiger partial charge on any atom is -0.493 e. The van der Waals surface area contributed by atoms with Crippen molar-refractivity contribution in [1.82, 2.24) is 0 Å². The number of thiophene rings is 1. The van der Waals surface area contributed by atoms with Gasteiger partial charge in [-0.15, -0.1) is 11.3 Å². The van der Waals surface area contributed by atoms with Gasteiger partial charge in [-0.3, -0.25) is 0 Å². The highest BCUT2D eigenvalue weighted by Crippen LogP contribution is 2.43. The van der Waals surface area contributed by atoms with Crippen molar-refractivity contribution in [2.24, 2.45) is 0 Å². The van der Waals surface area contributed by atoms with E-state index < -0.39 is 0 Å². The van der Waals surface area contributed by atoms with Gasteiger partial charge in [0.2, 0.25) is 0 Å². The first-order chi connectivity index (χ1) is 9.08. The van der Waals surface area contributed by atoms with Gasteiger partial charge in [0.1, 0.15) is 0 Å². The number of alkyl halides is 1. The summed E-state index contributed by atoms with van der Waals surface area (Å²) in [5.74, 6) is 1.46. The molecule has 1 heterocycles. The van der Waals surface area contributed by atoms with Crippen LogP contribution in [0.5, 0.6) is 11.5 Å². The summed E-state index contributed by atoms with van der Waals surface area (Å²) >= 11 is 9.11. The molecule has 1 aromatic heterocycles. The van der Waals surface area contributed by atoms with Gasteiger partial charge in [-0.2, -0.15) is 0 Å². The van der Waals surface area contributed by atoms with Crippen molar-refractivity contribution in [1.29, 1.82) is 0 Å². The lowest BCUT2D eigenvalue weighted by Gasteiger charge is -2.16. The zero-order chi connectivity index (χ0) is 14.0. The summed E-state index contributed by atoms with van der Waals surface area (Å²) in [5.41, 5.74) is 2.41. The second-order valence-corrected chi connectivity index (χ2v) is 6.78. The first-order valence-corrected chi connectivity index (χ1v) is 8.26. The molecule has 0 bridgehead atoms. The zero-order valence-electron chi connectivity index (χ0n) is 10.9. The summed E-state index contributed by atoms with van der Waals surface area (Å²) in [6.45, 7) is 2.12. The Hall–Kier alpha value is -0.520. The molecule has 2 aromatic rings. The molecular formula is C14H14Br2O2S. The highest BCUT2D eigenvalue weighted by molar-refractivity contribution is 9.11. The number of hydrogen-bond donors (Lipinski definition) is 0. The Balaban J connectivity index is 2.48. The van der Waals surface area contributed by atoms with E-state index in [4.69, 9.17) is 9.47 Å². The van der Waals surface area contributed by atoms with Crippen LogP contribution >= 0.6 is 43.2 Å². The van der Waals surface area contributed by atoms with Crippen molar-refractivity contribution in [3.05, 3.63) is 44.1 Å². The van der Waals surface area contributed by atoms with Crippen molar-refractivity contribution < 1.29 is 9.47 Å². The lowest BCUT2D eigenvalue weighted by Crippen LogP contribution is -1.97. The molecule has 0 amide bonds. The summed E-state index contributed by atoms with van der Waals surface area (Å²) < 4.78 is 11.7. The Labute approximate surface area is 134 Å². The highest BCUT2D eigenvalue weighted by atomic mass is 79.9. The molecule has 19 heavy (non-hydrogen) atoms. The number of benzene rings is 1. The quantitative estimate of drug-likeness (QED) is 0.640. The van der Waals surface area contributed by atoms with Gasteiger partial charge in [-0.1, -0.05) is 31.9 Å². The third-order valence-electron chi connectivity index (χ3n) is 2.91. The third kappa shape index (κ3) is 2.98. The minimum absolute atomic E-state index is 0.140. The molecule has 0 fully saturated rings. The number of aryl methyl sites for hydroxylation is 1. The Morgan fingerprint density at radius 1 is 1.16 bits per heavy atom. The number of rotatable bonds is 4. The molecule has 0 radical (unpaired) electrons. The van der Waals surface area contributed by atoms with Crippen molar-refractivity contribution in [2.75, 3.05) is 14.2 Å². The topological polar surface area (TPSA) is 18.5 Å². The minimum atomic E-state index is 0.140. The van der Waals surface area contributed by atoms with Gasteiger partial charge in [0.25, 0.3) is 0 Å². The Morgan fingerprint density at radius 3 is 2.32 bits per heavy atom. The number of halogens is 2. The van der Waals surface area contributed by atoms with Crippen LogP contribution in [0, 0.1) is 6.92 Å². The first-order valence-electron chi connectivity index (χ1n) is 5.68. The molecule has 2 nitrogen and oxygen atoms in total. The number of ether oxygens (including phenoxy) is 2. The van der Waals surface area contributed by atoms with Crippen LogP contribution in [0.15, 0.2) is 28.1 Å². The van der Waals surface area contributed by atoms with E-state index in [2.05, 4.69) is 50.2 Å². The second kappa shape index (κ2) is 6.29. The Morgan fingerprint density at radius 2 is 1.79 bits per heavy atom. The van der Waals surface area contributed by atoms with E-state index in [1.165, 1.54) is 10.4 Å². The van der Waals surface area contributed by atoms with Crippen LogP contribution in [0.25, 0.3) is 0 Å². The molecule has 0 N–H and O–H groups in total. The van der Waals surface area contributed by atoms with Gasteiger partial charge in [0.05, 0.1) is 19.0 Å². The molecule has 0 aliphatic heterocycles. The number of methoxy groups -OCH3 is 2. The van der Waals surface area contributed by atoms with Crippen LogP contribution in [0.4, 0.5) is 0 Å². The summed E-state index contributed by atoms with van der Waals surface area (Å²) in [5, 5.41) is 2.10. The lowest BCUT2D eigenvalue weighted by molar-refractivity contribution is 0.354. The molecular weight excluding hydrogens is 392 g/mol.